The van der Waals surface area contributed by atoms with Gasteiger partial charge in [0.15, 0.2) is 0 Å². The van der Waals surface area contributed by atoms with E-state index in [2.05, 4.69) is 19.2 Å². The lowest BCUT2D eigenvalue weighted by atomic mass is 10.1. The van der Waals surface area contributed by atoms with Crippen molar-refractivity contribution in [1.29, 1.82) is 0 Å². The van der Waals surface area contributed by atoms with E-state index in [0.717, 1.165) is 25.0 Å². The number of aliphatic hydroxyl groups is 1. The molecule has 0 radical (unpaired) electrons. The smallest absolute Gasteiger partial charge is 0.220 e. The molecule has 1 aliphatic rings. The van der Waals surface area contributed by atoms with Crippen LogP contribution in [0.5, 0.6) is 5.75 Å². The van der Waals surface area contributed by atoms with Crippen LogP contribution in [0.25, 0.3) is 0 Å². The van der Waals surface area contributed by atoms with Gasteiger partial charge in [-0.2, -0.15) is 0 Å². The lowest BCUT2D eigenvalue weighted by molar-refractivity contribution is -0.121. The van der Waals surface area contributed by atoms with Gasteiger partial charge in [-0.3, -0.25) is 4.79 Å². The first kappa shape index (κ1) is 16.8. The van der Waals surface area contributed by atoms with E-state index in [1.54, 1.807) is 0 Å². The lowest BCUT2D eigenvalue weighted by Gasteiger charge is -2.15. The topological polar surface area (TPSA) is 58.6 Å². The van der Waals surface area contributed by atoms with E-state index in [-0.39, 0.29) is 17.9 Å². The van der Waals surface area contributed by atoms with Crippen LogP contribution in [-0.2, 0) is 4.79 Å². The Bertz CT molecular complexity index is 501. The number of aliphatic hydroxyl groups excluding tert-OH is 1. The maximum Gasteiger partial charge on any atom is 0.220 e. The van der Waals surface area contributed by atoms with Crippen molar-refractivity contribution in [2.24, 2.45) is 5.92 Å². The first-order valence-electron chi connectivity index (χ1n) is 8.21. The number of hydrogen-bond donors (Lipinski definition) is 2. The second-order valence-corrected chi connectivity index (χ2v) is 6.26. The Balaban J connectivity index is 1.59. The molecule has 4 heteroatoms. The van der Waals surface area contributed by atoms with Gasteiger partial charge in [-0.05, 0) is 56.4 Å². The van der Waals surface area contributed by atoms with Crippen LogP contribution in [-0.4, -0.2) is 30.3 Å². The number of nitrogens with one attached hydrogen (secondary N) is 1. The quantitative estimate of drug-likeness (QED) is 0.762. The molecular weight excluding hydrogens is 278 g/mol. The molecule has 0 spiro atoms. The van der Waals surface area contributed by atoms with Gasteiger partial charge in [0, 0.05) is 18.9 Å². The summed E-state index contributed by atoms with van der Waals surface area (Å²) >= 11 is 0. The highest BCUT2D eigenvalue weighted by Gasteiger charge is 2.25. The molecule has 1 amide bonds. The Morgan fingerprint density at radius 2 is 2.14 bits per heavy atom. The lowest BCUT2D eigenvalue weighted by Crippen LogP contribution is -2.32. The number of hydrogen-bond acceptors (Lipinski definition) is 3. The summed E-state index contributed by atoms with van der Waals surface area (Å²) in [7, 11) is 0. The van der Waals surface area contributed by atoms with Gasteiger partial charge in [0.2, 0.25) is 5.91 Å². The fourth-order valence-electron chi connectivity index (χ4n) is 2.82. The Kier molecular flexibility index (Phi) is 6.25. The average Bonchev–Trinajstić information content (AvgIpc) is 2.90. The molecular formula is C18H27NO3. The van der Waals surface area contributed by atoms with Crippen LogP contribution in [0.4, 0.5) is 0 Å². The van der Waals surface area contributed by atoms with Crippen molar-refractivity contribution in [2.75, 3.05) is 13.2 Å². The molecule has 2 rings (SSSR count). The van der Waals surface area contributed by atoms with E-state index in [0.29, 0.717) is 26.0 Å². The summed E-state index contributed by atoms with van der Waals surface area (Å²) in [6, 6.07) is 6.03. The van der Waals surface area contributed by atoms with Gasteiger partial charge in [-0.1, -0.05) is 12.5 Å². The van der Waals surface area contributed by atoms with Crippen LogP contribution in [0.1, 0.15) is 43.2 Å². The molecule has 0 aromatic heterocycles. The zero-order chi connectivity index (χ0) is 15.9. The van der Waals surface area contributed by atoms with Gasteiger partial charge < -0.3 is 15.2 Å². The summed E-state index contributed by atoms with van der Waals surface area (Å²) in [4.78, 5) is 11.8. The van der Waals surface area contributed by atoms with E-state index in [1.807, 2.05) is 18.2 Å². The third kappa shape index (κ3) is 5.02. The molecule has 1 fully saturated rings. The maximum atomic E-state index is 11.8. The molecule has 1 aliphatic carbocycles. The second kappa shape index (κ2) is 8.18. The van der Waals surface area contributed by atoms with Gasteiger partial charge in [0.1, 0.15) is 5.75 Å². The Labute approximate surface area is 132 Å². The summed E-state index contributed by atoms with van der Waals surface area (Å²) in [6.45, 7) is 5.28. The van der Waals surface area contributed by atoms with Crippen molar-refractivity contribution >= 4 is 5.91 Å². The van der Waals surface area contributed by atoms with Crippen molar-refractivity contribution in [3.63, 3.8) is 0 Å². The van der Waals surface area contributed by atoms with E-state index in [4.69, 9.17) is 4.74 Å². The standard InChI is InChI=1S/C18H27NO3/c1-13-8-9-16(11-14(13)2)22-10-4-7-18(21)19-12-15-5-3-6-17(15)20/h8-9,11,15,17,20H,3-7,10,12H2,1-2H3,(H,19,21). The Morgan fingerprint density at radius 1 is 1.32 bits per heavy atom. The van der Waals surface area contributed by atoms with Crippen molar-refractivity contribution in [3.8, 4) is 5.75 Å². The van der Waals surface area contributed by atoms with Gasteiger partial charge in [0.05, 0.1) is 12.7 Å². The summed E-state index contributed by atoms with van der Waals surface area (Å²) < 4.78 is 5.67. The molecule has 1 saturated carbocycles. The largest absolute Gasteiger partial charge is 0.494 e. The highest BCUT2D eigenvalue weighted by Crippen LogP contribution is 2.24. The Morgan fingerprint density at radius 3 is 2.82 bits per heavy atom. The summed E-state index contributed by atoms with van der Waals surface area (Å²) in [5, 5.41) is 12.6. The minimum atomic E-state index is -0.242. The van der Waals surface area contributed by atoms with Crippen molar-refractivity contribution in [2.45, 2.75) is 52.1 Å². The van der Waals surface area contributed by atoms with E-state index >= 15 is 0 Å². The first-order valence-corrected chi connectivity index (χ1v) is 8.21. The highest BCUT2D eigenvalue weighted by atomic mass is 16.5. The van der Waals surface area contributed by atoms with Crippen LogP contribution in [0.15, 0.2) is 18.2 Å². The molecule has 1 aromatic rings. The number of rotatable bonds is 7. The van der Waals surface area contributed by atoms with Crippen LogP contribution in [0.3, 0.4) is 0 Å². The molecule has 0 saturated heterocycles. The van der Waals surface area contributed by atoms with Crippen LogP contribution >= 0.6 is 0 Å². The monoisotopic (exact) mass is 305 g/mol. The zero-order valence-corrected chi connectivity index (χ0v) is 13.6. The number of benzene rings is 1. The molecule has 2 unspecified atom stereocenters. The van der Waals surface area contributed by atoms with Crippen molar-refractivity contribution in [3.05, 3.63) is 29.3 Å². The normalized spacial score (nSPS) is 20.9. The minimum Gasteiger partial charge on any atom is -0.494 e. The van der Waals surface area contributed by atoms with E-state index in [9.17, 15) is 9.90 Å². The molecule has 0 heterocycles. The molecule has 2 atom stereocenters. The number of amides is 1. The van der Waals surface area contributed by atoms with Gasteiger partial charge in [-0.25, -0.2) is 0 Å². The van der Waals surface area contributed by atoms with Crippen molar-refractivity contribution in [1.82, 2.24) is 5.32 Å². The molecule has 22 heavy (non-hydrogen) atoms. The fraction of sp³-hybridized carbons (Fsp3) is 0.611. The summed E-state index contributed by atoms with van der Waals surface area (Å²) in [5.74, 6) is 1.14. The third-order valence-electron chi connectivity index (χ3n) is 4.48. The summed E-state index contributed by atoms with van der Waals surface area (Å²) in [5.41, 5.74) is 2.46. The molecule has 2 N–H and O–H groups in total. The minimum absolute atomic E-state index is 0.0442. The van der Waals surface area contributed by atoms with Crippen molar-refractivity contribution < 1.29 is 14.6 Å². The maximum absolute atomic E-state index is 11.8. The Hall–Kier alpha value is -1.55. The highest BCUT2D eigenvalue weighted by molar-refractivity contribution is 5.75. The van der Waals surface area contributed by atoms with Crippen LogP contribution in [0, 0.1) is 19.8 Å². The van der Waals surface area contributed by atoms with Crippen LogP contribution in [0.2, 0.25) is 0 Å². The summed E-state index contributed by atoms with van der Waals surface area (Å²) in [6.07, 6.45) is 3.86. The van der Waals surface area contributed by atoms with Gasteiger partial charge in [-0.15, -0.1) is 0 Å². The molecule has 1 aromatic carbocycles. The van der Waals surface area contributed by atoms with Crippen LogP contribution < -0.4 is 10.1 Å². The number of carbonyl (C=O) groups is 1. The molecule has 122 valence electrons. The average molecular weight is 305 g/mol. The predicted molar refractivity (Wildman–Crippen MR) is 87.0 cm³/mol. The third-order valence-corrected chi connectivity index (χ3v) is 4.48. The number of aryl methyl sites for hydroxylation is 2. The number of ether oxygens (including phenoxy) is 1. The van der Waals surface area contributed by atoms with E-state index in [1.165, 1.54) is 11.1 Å². The fourth-order valence-corrected chi connectivity index (χ4v) is 2.82. The molecule has 0 bridgehead atoms. The molecule has 0 aliphatic heterocycles. The van der Waals surface area contributed by atoms with E-state index < -0.39 is 0 Å². The number of carbonyl (C=O) groups excluding carboxylic acids is 1. The SMILES string of the molecule is Cc1ccc(OCCCC(=O)NCC2CCCC2O)cc1C. The predicted octanol–water partition coefficient (Wildman–Crippen LogP) is 2.74. The zero-order valence-electron chi connectivity index (χ0n) is 13.6. The van der Waals surface area contributed by atoms with Gasteiger partial charge in [0.25, 0.3) is 0 Å². The van der Waals surface area contributed by atoms with Gasteiger partial charge >= 0.3 is 0 Å². The second-order valence-electron chi connectivity index (χ2n) is 6.26. The first-order chi connectivity index (χ1) is 10.6. The molecule has 4 nitrogen and oxygen atoms in total.